The van der Waals surface area contributed by atoms with Gasteiger partial charge in [-0.25, -0.2) is 0 Å². The maximum Gasteiger partial charge on any atom is 0.236 e. The lowest BCUT2D eigenvalue weighted by molar-refractivity contribution is -0.131. The lowest BCUT2D eigenvalue weighted by Gasteiger charge is -2.26. The van der Waals surface area contributed by atoms with Gasteiger partial charge < -0.3 is 10.2 Å². The van der Waals surface area contributed by atoms with Crippen molar-refractivity contribution in [2.24, 2.45) is 0 Å². The van der Waals surface area contributed by atoms with Gasteiger partial charge in [-0.05, 0) is 35.8 Å². The van der Waals surface area contributed by atoms with E-state index in [9.17, 15) is 4.79 Å². The number of likely N-dealkylation sites (tertiary alicyclic amines) is 1. The third kappa shape index (κ3) is 4.85. The summed E-state index contributed by atoms with van der Waals surface area (Å²) in [6, 6.07) is 8.67. The van der Waals surface area contributed by atoms with E-state index in [0.717, 1.165) is 32.5 Å². The zero-order valence-electron chi connectivity index (χ0n) is 13.6. The molecule has 0 saturated carbocycles. The number of piperidine rings is 1. The predicted octanol–water partition coefficient (Wildman–Crippen LogP) is 3.09. The normalized spacial score (nSPS) is 16.0. The van der Waals surface area contributed by atoms with Gasteiger partial charge in [0.15, 0.2) is 0 Å². The molecule has 2 rings (SSSR count). The van der Waals surface area contributed by atoms with Crippen molar-refractivity contribution in [1.29, 1.82) is 0 Å². The molecule has 0 unspecified atom stereocenters. The van der Waals surface area contributed by atoms with E-state index >= 15 is 0 Å². The van der Waals surface area contributed by atoms with Crippen molar-refractivity contribution in [2.75, 3.05) is 19.6 Å². The highest BCUT2D eigenvalue weighted by Crippen LogP contribution is 2.22. The van der Waals surface area contributed by atoms with E-state index in [1.807, 2.05) is 4.90 Å². The standard InChI is InChI=1S/C18H28N2O/c1-18(2,3)16-9-7-15(8-10-16)13-19-14-17(21)20-11-5-4-6-12-20/h7-10,19H,4-6,11-14H2,1-3H3. The van der Waals surface area contributed by atoms with E-state index in [-0.39, 0.29) is 11.3 Å². The van der Waals surface area contributed by atoms with E-state index in [0.29, 0.717) is 6.54 Å². The molecule has 1 aromatic rings. The van der Waals surface area contributed by atoms with Crippen LogP contribution in [0.5, 0.6) is 0 Å². The second kappa shape index (κ2) is 7.08. The average molecular weight is 288 g/mol. The highest BCUT2D eigenvalue weighted by Gasteiger charge is 2.16. The number of rotatable bonds is 4. The van der Waals surface area contributed by atoms with Crippen LogP contribution in [-0.2, 0) is 16.8 Å². The third-order valence-electron chi connectivity index (χ3n) is 4.13. The second-order valence-corrected chi connectivity index (χ2v) is 6.99. The third-order valence-corrected chi connectivity index (χ3v) is 4.13. The molecule has 0 aromatic heterocycles. The van der Waals surface area contributed by atoms with Crippen molar-refractivity contribution in [3.05, 3.63) is 35.4 Å². The molecule has 0 aliphatic carbocycles. The smallest absolute Gasteiger partial charge is 0.236 e. The summed E-state index contributed by atoms with van der Waals surface area (Å²) < 4.78 is 0. The van der Waals surface area contributed by atoms with Crippen molar-refractivity contribution in [3.8, 4) is 0 Å². The van der Waals surface area contributed by atoms with Crippen LogP contribution >= 0.6 is 0 Å². The number of benzene rings is 1. The summed E-state index contributed by atoms with van der Waals surface area (Å²) in [6.07, 6.45) is 3.57. The van der Waals surface area contributed by atoms with Crippen LogP contribution in [0.3, 0.4) is 0 Å². The van der Waals surface area contributed by atoms with Gasteiger partial charge in [-0.3, -0.25) is 4.79 Å². The van der Waals surface area contributed by atoms with Gasteiger partial charge in [-0.2, -0.15) is 0 Å². The molecule has 0 bridgehead atoms. The predicted molar refractivity (Wildman–Crippen MR) is 87.3 cm³/mol. The Labute approximate surface area is 128 Å². The Kier molecular flexibility index (Phi) is 5.40. The molecule has 0 spiro atoms. The highest BCUT2D eigenvalue weighted by atomic mass is 16.2. The summed E-state index contributed by atoms with van der Waals surface area (Å²) in [4.78, 5) is 14.0. The molecular weight excluding hydrogens is 260 g/mol. The average Bonchev–Trinajstić information content (AvgIpc) is 2.47. The zero-order chi connectivity index (χ0) is 15.3. The van der Waals surface area contributed by atoms with Crippen LogP contribution in [0.15, 0.2) is 24.3 Å². The van der Waals surface area contributed by atoms with Crippen LogP contribution in [0, 0.1) is 0 Å². The number of amides is 1. The van der Waals surface area contributed by atoms with Crippen LogP contribution in [-0.4, -0.2) is 30.4 Å². The van der Waals surface area contributed by atoms with Gasteiger partial charge >= 0.3 is 0 Å². The summed E-state index contributed by atoms with van der Waals surface area (Å²) in [6.45, 7) is 9.72. The first-order valence-corrected chi connectivity index (χ1v) is 8.05. The van der Waals surface area contributed by atoms with Crippen molar-refractivity contribution in [3.63, 3.8) is 0 Å². The molecular formula is C18H28N2O. The fourth-order valence-corrected chi connectivity index (χ4v) is 2.69. The van der Waals surface area contributed by atoms with E-state index in [1.54, 1.807) is 0 Å². The van der Waals surface area contributed by atoms with Gasteiger partial charge in [0.2, 0.25) is 5.91 Å². The largest absolute Gasteiger partial charge is 0.342 e. The van der Waals surface area contributed by atoms with E-state index in [4.69, 9.17) is 0 Å². The molecule has 3 nitrogen and oxygen atoms in total. The Bertz CT molecular complexity index is 453. The summed E-state index contributed by atoms with van der Waals surface area (Å²) in [5.74, 6) is 0.237. The molecule has 1 aliphatic heterocycles. The first kappa shape index (κ1) is 16.0. The van der Waals surface area contributed by atoms with Crippen LogP contribution in [0.2, 0.25) is 0 Å². The highest BCUT2D eigenvalue weighted by molar-refractivity contribution is 5.78. The zero-order valence-corrected chi connectivity index (χ0v) is 13.6. The van der Waals surface area contributed by atoms with Gasteiger partial charge in [0.25, 0.3) is 0 Å². The van der Waals surface area contributed by atoms with Gasteiger partial charge in [-0.15, -0.1) is 0 Å². The van der Waals surface area contributed by atoms with Gasteiger partial charge in [0.05, 0.1) is 6.54 Å². The molecule has 116 valence electrons. The van der Waals surface area contributed by atoms with Crippen LogP contribution in [0.1, 0.15) is 51.2 Å². The number of hydrogen-bond acceptors (Lipinski definition) is 2. The van der Waals surface area contributed by atoms with E-state index in [1.165, 1.54) is 17.5 Å². The molecule has 1 N–H and O–H groups in total. The van der Waals surface area contributed by atoms with E-state index in [2.05, 4.69) is 50.4 Å². The number of nitrogens with one attached hydrogen (secondary N) is 1. The Morgan fingerprint density at radius 3 is 2.29 bits per heavy atom. The number of carbonyl (C=O) groups excluding carboxylic acids is 1. The minimum Gasteiger partial charge on any atom is -0.342 e. The fraction of sp³-hybridized carbons (Fsp3) is 0.611. The second-order valence-electron chi connectivity index (χ2n) is 6.99. The number of hydrogen-bond donors (Lipinski definition) is 1. The molecule has 1 saturated heterocycles. The van der Waals surface area contributed by atoms with Crippen LogP contribution < -0.4 is 5.32 Å². The molecule has 1 fully saturated rings. The van der Waals surface area contributed by atoms with Gasteiger partial charge in [0.1, 0.15) is 0 Å². The Morgan fingerprint density at radius 1 is 1.10 bits per heavy atom. The molecule has 1 amide bonds. The number of carbonyl (C=O) groups is 1. The fourth-order valence-electron chi connectivity index (χ4n) is 2.69. The minimum absolute atomic E-state index is 0.191. The van der Waals surface area contributed by atoms with Gasteiger partial charge in [0, 0.05) is 19.6 Å². The van der Waals surface area contributed by atoms with E-state index < -0.39 is 0 Å². The lowest BCUT2D eigenvalue weighted by atomic mass is 9.87. The minimum atomic E-state index is 0.191. The molecule has 3 heteroatoms. The first-order valence-electron chi connectivity index (χ1n) is 8.05. The molecule has 0 radical (unpaired) electrons. The summed E-state index contributed by atoms with van der Waals surface area (Å²) in [7, 11) is 0. The quantitative estimate of drug-likeness (QED) is 0.923. The maximum atomic E-state index is 12.0. The Balaban J connectivity index is 1.76. The SMILES string of the molecule is CC(C)(C)c1ccc(CNCC(=O)N2CCCCC2)cc1. The molecule has 0 atom stereocenters. The molecule has 1 aromatic carbocycles. The molecule has 1 aliphatic rings. The lowest BCUT2D eigenvalue weighted by Crippen LogP contribution is -2.40. The van der Waals surface area contributed by atoms with Crippen molar-refractivity contribution < 1.29 is 4.79 Å². The van der Waals surface area contributed by atoms with Crippen LogP contribution in [0.4, 0.5) is 0 Å². The van der Waals surface area contributed by atoms with Crippen molar-refractivity contribution >= 4 is 5.91 Å². The van der Waals surface area contributed by atoms with Crippen LogP contribution in [0.25, 0.3) is 0 Å². The first-order chi connectivity index (χ1) is 9.97. The Hall–Kier alpha value is -1.35. The topological polar surface area (TPSA) is 32.3 Å². The summed E-state index contributed by atoms with van der Waals surface area (Å²) >= 11 is 0. The van der Waals surface area contributed by atoms with Crippen molar-refractivity contribution in [2.45, 2.75) is 52.0 Å². The van der Waals surface area contributed by atoms with Crippen molar-refractivity contribution in [1.82, 2.24) is 10.2 Å². The monoisotopic (exact) mass is 288 g/mol. The molecule has 21 heavy (non-hydrogen) atoms. The van der Waals surface area contributed by atoms with Gasteiger partial charge in [-0.1, -0.05) is 45.0 Å². The Morgan fingerprint density at radius 2 is 1.71 bits per heavy atom. The molecule has 1 heterocycles. The summed E-state index contributed by atoms with van der Waals surface area (Å²) in [5, 5.41) is 3.27. The summed E-state index contributed by atoms with van der Waals surface area (Å²) in [5.41, 5.74) is 2.76. The maximum absolute atomic E-state index is 12.0. The number of nitrogens with zero attached hydrogens (tertiary/aromatic N) is 1.